The Morgan fingerprint density at radius 2 is 1.47 bits per heavy atom. The maximum absolute atomic E-state index is 11.3. The fourth-order valence-electron chi connectivity index (χ4n) is 1.82. The lowest BCUT2D eigenvalue weighted by Gasteiger charge is -2.02. The topological polar surface area (TPSA) is 46.6 Å². The number of carbonyl (C=O) groups is 2. The molecule has 0 atom stereocenters. The first-order valence-corrected chi connectivity index (χ1v) is 5.71. The van der Waals surface area contributed by atoms with Gasteiger partial charge >= 0.3 is 0 Å². The van der Waals surface area contributed by atoms with Gasteiger partial charge in [0.1, 0.15) is 0 Å². The number of amides is 2. The van der Waals surface area contributed by atoms with Crippen molar-refractivity contribution in [1.82, 2.24) is 4.90 Å². The number of ether oxygens (including phenoxy) is 1. The monoisotopic (exact) mass is 233 g/mol. The molecule has 0 aromatic heterocycles. The summed E-state index contributed by atoms with van der Waals surface area (Å²) in [5.74, 6) is -0.425. The second-order valence-electron chi connectivity index (χ2n) is 4.03. The molecule has 0 bridgehead atoms. The van der Waals surface area contributed by atoms with Gasteiger partial charge in [-0.15, -0.1) is 0 Å². The summed E-state index contributed by atoms with van der Waals surface area (Å²) in [6, 6.07) is 6.84. The molecule has 1 aromatic carbocycles. The molecule has 0 spiro atoms. The zero-order valence-corrected chi connectivity index (χ0v) is 9.81. The average Bonchev–Trinajstić information content (AvgIpc) is 3.00. The lowest BCUT2D eigenvalue weighted by atomic mass is 10.1. The number of imide groups is 1. The van der Waals surface area contributed by atoms with Crippen molar-refractivity contribution in [3.8, 4) is 0 Å². The molecular formula is C13H15NO3. The normalized spacial score (nSPS) is 17.8. The summed E-state index contributed by atoms with van der Waals surface area (Å²) in [5.41, 5.74) is 1.01. The maximum Gasteiger partial charge on any atom is 0.261 e. The van der Waals surface area contributed by atoms with Gasteiger partial charge in [-0.05, 0) is 25.0 Å². The molecule has 1 saturated heterocycles. The van der Waals surface area contributed by atoms with Crippen molar-refractivity contribution >= 4 is 11.8 Å². The van der Waals surface area contributed by atoms with Crippen molar-refractivity contribution in [2.24, 2.45) is 0 Å². The van der Waals surface area contributed by atoms with E-state index in [1.165, 1.54) is 19.9 Å². The predicted molar refractivity (Wildman–Crippen MR) is 62.9 cm³/mol. The van der Waals surface area contributed by atoms with E-state index >= 15 is 0 Å². The number of hydrogen-bond donors (Lipinski definition) is 0. The highest BCUT2D eigenvalue weighted by molar-refractivity contribution is 6.21. The molecule has 4 heteroatoms. The summed E-state index contributed by atoms with van der Waals surface area (Å²) in [7, 11) is 1.49. The van der Waals surface area contributed by atoms with Crippen molar-refractivity contribution < 1.29 is 14.3 Å². The van der Waals surface area contributed by atoms with Crippen molar-refractivity contribution in [3.05, 3.63) is 35.4 Å². The first-order chi connectivity index (χ1) is 8.22. The Morgan fingerprint density at radius 1 is 1.00 bits per heavy atom. The highest BCUT2D eigenvalue weighted by Crippen LogP contribution is 2.20. The van der Waals surface area contributed by atoms with Crippen LogP contribution in [0.1, 0.15) is 33.6 Å². The minimum Gasteiger partial charge on any atom is -0.381 e. The Morgan fingerprint density at radius 3 is 1.82 bits per heavy atom. The van der Waals surface area contributed by atoms with E-state index in [1.807, 2.05) is 0 Å². The van der Waals surface area contributed by atoms with Gasteiger partial charge in [0.05, 0.1) is 11.1 Å². The van der Waals surface area contributed by atoms with Crippen molar-refractivity contribution in [2.75, 3.05) is 20.3 Å². The summed E-state index contributed by atoms with van der Waals surface area (Å²) in [4.78, 5) is 23.8. The Kier molecular flexibility index (Phi) is 3.54. The van der Waals surface area contributed by atoms with Crippen LogP contribution >= 0.6 is 0 Å². The maximum atomic E-state index is 11.3. The van der Waals surface area contributed by atoms with Crippen molar-refractivity contribution in [1.29, 1.82) is 0 Å². The number of nitrogens with zero attached hydrogens (tertiary/aromatic N) is 1. The van der Waals surface area contributed by atoms with Crippen LogP contribution < -0.4 is 0 Å². The molecule has 3 rings (SSSR count). The molecular weight excluding hydrogens is 218 g/mol. The van der Waals surface area contributed by atoms with Crippen LogP contribution in [0.15, 0.2) is 24.3 Å². The Bertz CT molecular complexity index is 395. The first kappa shape index (κ1) is 11.8. The number of benzene rings is 1. The van der Waals surface area contributed by atoms with Gasteiger partial charge in [-0.3, -0.25) is 14.5 Å². The predicted octanol–water partition coefficient (Wildman–Crippen LogP) is 1.71. The van der Waals surface area contributed by atoms with E-state index in [0.29, 0.717) is 11.1 Å². The molecule has 90 valence electrons. The molecule has 2 amide bonds. The fourth-order valence-corrected chi connectivity index (χ4v) is 1.82. The van der Waals surface area contributed by atoms with Crippen molar-refractivity contribution in [2.45, 2.75) is 12.8 Å². The summed E-state index contributed by atoms with van der Waals surface area (Å²) in [6.07, 6.45) is 2.56. The van der Waals surface area contributed by atoms with Crippen LogP contribution in [0.2, 0.25) is 0 Å². The van der Waals surface area contributed by atoms with Crippen LogP contribution in [0.25, 0.3) is 0 Å². The Labute approximate surface area is 100 Å². The molecule has 2 heterocycles. The standard InChI is InChI=1S/C9H7NO2.C4H8O/c1-10-8(11)6-4-2-3-5-7(6)9(10)12;1-2-4-5-3-1/h2-5H,1H3;1-4H2. The molecule has 0 saturated carbocycles. The van der Waals surface area contributed by atoms with E-state index < -0.39 is 0 Å². The van der Waals surface area contributed by atoms with Crippen LogP contribution in [0, 0.1) is 0 Å². The van der Waals surface area contributed by atoms with Gasteiger partial charge in [-0.25, -0.2) is 0 Å². The summed E-state index contributed by atoms with van der Waals surface area (Å²) >= 11 is 0. The number of hydrogen-bond acceptors (Lipinski definition) is 3. The van der Waals surface area contributed by atoms with Gasteiger partial charge in [0.2, 0.25) is 0 Å². The van der Waals surface area contributed by atoms with Crippen LogP contribution in [0.5, 0.6) is 0 Å². The van der Waals surface area contributed by atoms with Crippen LogP contribution in [0.4, 0.5) is 0 Å². The lowest BCUT2D eigenvalue weighted by Crippen LogP contribution is -2.24. The average molecular weight is 233 g/mol. The van der Waals surface area contributed by atoms with E-state index in [9.17, 15) is 9.59 Å². The van der Waals surface area contributed by atoms with E-state index in [4.69, 9.17) is 4.74 Å². The van der Waals surface area contributed by atoms with Gasteiger partial charge in [0.25, 0.3) is 11.8 Å². The van der Waals surface area contributed by atoms with Gasteiger partial charge < -0.3 is 4.74 Å². The van der Waals surface area contributed by atoms with Gasteiger partial charge in [-0.1, -0.05) is 12.1 Å². The number of rotatable bonds is 0. The van der Waals surface area contributed by atoms with E-state index in [0.717, 1.165) is 18.1 Å². The third-order valence-corrected chi connectivity index (χ3v) is 2.82. The SMILES string of the molecule is C1CCOC1.CN1C(=O)c2ccccc2C1=O. The highest BCUT2D eigenvalue weighted by atomic mass is 16.5. The molecule has 0 radical (unpaired) electrons. The third-order valence-electron chi connectivity index (χ3n) is 2.82. The van der Waals surface area contributed by atoms with Gasteiger partial charge in [0.15, 0.2) is 0 Å². The zero-order chi connectivity index (χ0) is 12.3. The van der Waals surface area contributed by atoms with Crippen LogP contribution in [-0.2, 0) is 4.74 Å². The van der Waals surface area contributed by atoms with Crippen molar-refractivity contribution in [3.63, 3.8) is 0 Å². The zero-order valence-electron chi connectivity index (χ0n) is 9.81. The smallest absolute Gasteiger partial charge is 0.261 e. The minimum absolute atomic E-state index is 0.212. The van der Waals surface area contributed by atoms with E-state index in [2.05, 4.69) is 0 Å². The van der Waals surface area contributed by atoms with Crippen LogP contribution in [0.3, 0.4) is 0 Å². The molecule has 1 aromatic rings. The molecule has 4 nitrogen and oxygen atoms in total. The van der Waals surface area contributed by atoms with E-state index in [-0.39, 0.29) is 11.8 Å². The fraction of sp³-hybridized carbons (Fsp3) is 0.385. The number of fused-ring (bicyclic) bond motifs is 1. The third kappa shape index (κ3) is 2.36. The van der Waals surface area contributed by atoms with E-state index in [1.54, 1.807) is 24.3 Å². The van der Waals surface area contributed by atoms with Gasteiger partial charge in [0, 0.05) is 20.3 Å². The van der Waals surface area contributed by atoms with Crippen LogP contribution in [-0.4, -0.2) is 37.0 Å². The molecule has 0 aliphatic carbocycles. The summed E-state index contributed by atoms with van der Waals surface area (Å²) in [6.45, 7) is 2.00. The highest BCUT2D eigenvalue weighted by Gasteiger charge is 2.31. The summed E-state index contributed by atoms with van der Waals surface area (Å²) in [5, 5.41) is 0. The molecule has 17 heavy (non-hydrogen) atoms. The molecule has 0 N–H and O–H groups in total. The lowest BCUT2D eigenvalue weighted by molar-refractivity contribution is 0.0693. The molecule has 1 fully saturated rings. The first-order valence-electron chi connectivity index (χ1n) is 5.71. The number of carbonyl (C=O) groups excluding carboxylic acids is 2. The molecule has 2 aliphatic rings. The molecule has 2 aliphatic heterocycles. The summed E-state index contributed by atoms with van der Waals surface area (Å²) < 4.78 is 4.94. The Hall–Kier alpha value is -1.68. The van der Waals surface area contributed by atoms with Gasteiger partial charge in [-0.2, -0.15) is 0 Å². The quantitative estimate of drug-likeness (QED) is 0.641. The second-order valence-corrected chi connectivity index (χ2v) is 4.03. The minimum atomic E-state index is -0.212. The molecule has 0 unspecified atom stereocenters. The second kappa shape index (κ2) is 5.10. The largest absolute Gasteiger partial charge is 0.381 e. The Balaban J connectivity index is 0.000000181.